The standard InChI is InChI=1S/C15H25N3O/c1-4-7-14(19-3)15-17-10-11-12(16-5-2)8-6-9-13(11)18-15/h10,12,14,16H,4-9H2,1-3H3. The molecular weight excluding hydrogens is 238 g/mol. The van der Waals surface area contributed by atoms with Gasteiger partial charge in [-0.3, -0.25) is 0 Å². The van der Waals surface area contributed by atoms with Gasteiger partial charge in [-0.15, -0.1) is 0 Å². The molecule has 0 amide bonds. The maximum atomic E-state index is 5.50. The van der Waals surface area contributed by atoms with Gasteiger partial charge in [0.1, 0.15) is 6.10 Å². The molecule has 2 unspecified atom stereocenters. The van der Waals surface area contributed by atoms with E-state index in [9.17, 15) is 0 Å². The van der Waals surface area contributed by atoms with Crippen LogP contribution in [0.25, 0.3) is 0 Å². The lowest BCUT2D eigenvalue weighted by Crippen LogP contribution is -2.26. The van der Waals surface area contributed by atoms with Gasteiger partial charge >= 0.3 is 0 Å². The van der Waals surface area contributed by atoms with E-state index < -0.39 is 0 Å². The van der Waals surface area contributed by atoms with E-state index in [2.05, 4.69) is 24.1 Å². The summed E-state index contributed by atoms with van der Waals surface area (Å²) in [5.74, 6) is 0.847. The van der Waals surface area contributed by atoms with Crippen LogP contribution in [0.5, 0.6) is 0 Å². The Morgan fingerprint density at radius 1 is 1.47 bits per heavy atom. The second-order valence-electron chi connectivity index (χ2n) is 5.15. The van der Waals surface area contributed by atoms with Crippen molar-refractivity contribution in [2.45, 2.75) is 58.1 Å². The summed E-state index contributed by atoms with van der Waals surface area (Å²) in [7, 11) is 1.74. The lowest BCUT2D eigenvalue weighted by molar-refractivity contribution is 0.0872. The van der Waals surface area contributed by atoms with E-state index in [1.54, 1.807) is 7.11 Å². The van der Waals surface area contributed by atoms with Crippen LogP contribution >= 0.6 is 0 Å². The Morgan fingerprint density at radius 2 is 2.32 bits per heavy atom. The van der Waals surface area contributed by atoms with Gasteiger partial charge in [0, 0.05) is 30.6 Å². The normalized spacial score (nSPS) is 20.1. The molecule has 0 spiro atoms. The largest absolute Gasteiger partial charge is 0.373 e. The summed E-state index contributed by atoms with van der Waals surface area (Å²) in [5.41, 5.74) is 2.49. The number of aromatic nitrogens is 2. The monoisotopic (exact) mass is 263 g/mol. The summed E-state index contributed by atoms with van der Waals surface area (Å²) in [6.07, 6.45) is 7.56. The molecule has 1 heterocycles. The summed E-state index contributed by atoms with van der Waals surface area (Å²) >= 11 is 0. The summed E-state index contributed by atoms with van der Waals surface area (Å²) in [5, 5.41) is 3.52. The minimum Gasteiger partial charge on any atom is -0.373 e. The Hall–Kier alpha value is -1.00. The fourth-order valence-corrected chi connectivity index (χ4v) is 2.79. The molecule has 0 aromatic carbocycles. The predicted octanol–water partition coefficient (Wildman–Crippen LogP) is 2.95. The van der Waals surface area contributed by atoms with Crippen molar-refractivity contribution in [1.29, 1.82) is 0 Å². The molecule has 0 radical (unpaired) electrons. The van der Waals surface area contributed by atoms with Crippen LogP contribution < -0.4 is 5.32 Å². The minimum absolute atomic E-state index is 0.0369. The zero-order valence-electron chi connectivity index (χ0n) is 12.3. The molecule has 1 aromatic rings. The summed E-state index contributed by atoms with van der Waals surface area (Å²) in [6, 6.07) is 0.426. The lowest BCUT2D eigenvalue weighted by Gasteiger charge is -2.26. The average Bonchev–Trinajstić information content (AvgIpc) is 2.45. The van der Waals surface area contributed by atoms with Gasteiger partial charge in [0.05, 0.1) is 0 Å². The molecule has 0 aliphatic heterocycles. The number of ether oxygens (including phenoxy) is 1. The van der Waals surface area contributed by atoms with Crippen molar-refractivity contribution >= 4 is 0 Å². The van der Waals surface area contributed by atoms with Crippen molar-refractivity contribution in [3.63, 3.8) is 0 Å². The SMILES string of the molecule is CCCC(OC)c1ncc2c(n1)CCCC2NCC. The van der Waals surface area contributed by atoms with Gasteiger partial charge in [-0.2, -0.15) is 0 Å². The van der Waals surface area contributed by atoms with E-state index in [0.29, 0.717) is 6.04 Å². The second-order valence-corrected chi connectivity index (χ2v) is 5.15. The van der Waals surface area contributed by atoms with Gasteiger partial charge in [-0.05, 0) is 32.2 Å². The van der Waals surface area contributed by atoms with E-state index >= 15 is 0 Å². The number of methoxy groups -OCH3 is 1. The van der Waals surface area contributed by atoms with Crippen LogP contribution in [0.15, 0.2) is 6.20 Å². The number of hydrogen-bond acceptors (Lipinski definition) is 4. The number of aryl methyl sites for hydroxylation is 1. The molecule has 1 N–H and O–H groups in total. The molecule has 1 aliphatic carbocycles. The zero-order chi connectivity index (χ0) is 13.7. The first kappa shape index (κ1) is 14.4. The van der Waals surface area contributed by atoms with Crippen LogP contribution in [0, 0.1) is 0 Å². The maximum absolute atomic E-state index is 5.50. The Labute approximate surface area is 116 Å². The second kappa shape index (κ2) is 6.96. The molecule has 0 saturated heterocycles. The highest BCUT2D eigenvalue weighted by Crippen LogP contribution is 2.29. The van der Waals surface area contributed by atoms with Crippen molar-refractivity contribution in [2.24, 2.45) is 0 Å². The summed E-state index contributed by atoms with van der Waals surface area (Å²) in [6.45, 7) is 5.29. The number of hydrogen-bond donors (Lipinski definition) is 1. The molecule has 0 fully saturated rings. The molecule has 4 nitrogen and oxygen atoms in total. The van der Waals surface area contributed by atoms with Gasteiger partial charge in [0.15, 0.2) is 5.82 Å². The fraction of sp³-hybridized carbons (Fsp3) is 0.733. The average molecular weight is 263 g/mol. The van der Waals surface area contributed by atoms with E-state index in [0.717, 1.165) is 31.6 Å². The van der Waals surface area contributed by atoms with Crippen molar-refractivity contribution in [3.05, 3.63) is 23.3 Å². The summed E-state index contributed by atoms with van der Waals surface area (Å²) < 4.78 is 5.50. The van der Waals surface area contributed by atoms with Crippen molar-refractivity contribution in [3.8, 4) is 0 Å². The Balaban J connectivity index is 2.22. The predicted molar refractivity (Wildman–Crippen MR) is 76.0 cm³/mol. The van der Waals surface area contributed by atoms with E-state index in [-0.39, 0.29) is 6.10 Å². The van der Waals surface area contributed by atoms with Crippen LogP contribution in [0.1, 0.15) is 68.8 Å². The van der Waals surface area contributed by atoms with Crippen molar-refractivity contribution in [2.75, 3.05) is 13.7 Å². The number of nitrogens with one attached hydrogen (secondary N) is 1. The third-order valence-electron chi connectivity index (χ3n) is 3.77. The highest BCUT2D eigenvalue weighted by Gasteiger charge is 2.23. The van der Waals surface area contributed by atoms with Gasteiger partial charge in [0.25, 0.3) is 0 Å². The minimum atomic E-state index is 0.0369. The highest BCUT2D eigenvalue weighted by molar-refractivity contribution is 5.25. The van der Waals surface area contributed by atoms with Crippen LogP contribution in [0.3, 0.4) is 0 Å². The lowest BCUT2D eigenvalue weighted by atomic mass is 9.92. The van der Waals surface area contributed by atoms with Crippen molar-refractivity contribution < 1.29 is 4.74 Å². The molecule has 1 aliphatic rings. The molecular formula is C15H25N3O. The quantitative estimate of drug-likeness (QED) is 0.857. The van der Waals surface area contributed by atoms with Gasteiger partial charge < -0.3 is 10.1 Å². The third-order valence-corrected chi connectivity index (χ3v) is 3.77. The molecule has 0 bridgehead atoms. The molecule has 19 heavy (non-hydrogen) atoms. The Morgan fingerprint density at radius 3 is 3.00 bits per heavy atom. The number of fused-ring (bicyclic) bond motifs is 1. The first-order valence-corrected chi connectivity index (χ1v) is 7.42. The van der Waals surface area contributed by atoms with Gasteiger partial charge in [-0.1, -0.05) is 20.3 Å². The molecule has 4 heteroatoms. The first-order chi connectivity index (χ1) is 9.30. The Bertz CT molecular complexity index is 408. The number of rotatable bonds is 6. The van der Waals surface area contributed by atoms with Gasteiger partial charge in [0.2, 0.25) is 0 Å². The molecule has 0 saturated carbocycles. The van der Waals surface area contributed by atoms with Gasteiger partial charge in [-0.25, -0.2) is 9.97 Å². The fourth-order valence-electron chi connectivity index (χ4n) is 2.79. The van der Waals surface area contributed by atoms with E-state index in [1.165, 1.54) is 24.1 Å². The third kappa shape index (κ3) is 3.31. The Kier molecular flexibility index (Phi) is 5.28. The molecule has 2 atom stereocenters. The smallest absolute Gasteiger partial charge is 0.157 e. The maximum Gasteiger partial charge on any atom is 0.157 e. The van der Waals surface area contributed by atoms with Crippen LogP contribution in [-0.2, 0) is 11.2 Å². The topological polar surface area (TPSA) is 47.0 Å². The van der Waals surface area contributed by atoms with Crippen molar-refractivity contribution in [1.82, 2.24) is 15.3 Å². The number of nitrogens with zero attached hydrogens (tertiary/aromatic N) is 2. The van der Waals surface area contributed by atoms with E-state index in [1.807, 2.05) is 6.20 Å². The zero-order valence-corrected chi connectivity index (χ0v) is 12.3. The molecule has 106 valence electrons. The highest BCUT2D eigenvalue weighted by atomic mass is 16.5. The molecule has 1 aromatic heterocycles. The molecule has 2 rings (SSSR count). The first-order valence-electron chi connectivity index (χ1n) is 7.42. The van der Waals surface area contributed by atoms with Crippen LogP contribution in [0.4, 0.5) is 0 Å². The van der Waals surface area contributed by atoms with Crippen LogP contribution in [0.2, 0.25) is 0 Å². The van der Waals surface area contributed by atoms with E-state index in [4.69, 9.17) is 9.72 Å². The summed E-state index contributed by atoms with van der Waals surface area (Å²) in [4.78, 5) is 9.30. The van der Waals surface area contributed by atoms with Crippen LogP contribution in [-0.4, -0.2) is 23.6 Å².